The first-order chi connectivity index (χ1) is 9.19. The number of amides is 1. The second-order valence-corrected chi connectivity index (χ2v) is 4.59. The molecule has 0 saturated carbocycles. The molecule has 0 aliphatic heterocycles. The summed E-state index contributed by atoms with van der Waals surface area (Å²) in [5.74, 6) is 0.385. The first-order valence-corrected chi connectivity index (χ1v) is 6.57. The number of pyridine rings is 1. The van der Waals surface area contributed by atoms with Crippen molar-refractivity contribution in [2.24, 2.45) is 0 Å². The Morgan fingerprint density at radius 3 is 2.42 bits per heavy atom. The van der Waals surface area contributed by atoms with E-state index in [-0.39, 0.29) is 5.91 Å². The summed E-state index contributed by atoms with van der Waals surface area (Å²) in [6.45, 7) is 2.38. The van der Waals surface area contributed by atoms with Crippen LogP contribution in [0.2, 0.25) is 0 Å². The van der Waals surface area contributed by atoms with Crippen molar-refractivity contribution in [3.63, 3.8) is 0 Å². The molecule has 0 spiro atoms. The first kappa shape index (κ1) is 13.6. The van der Waals surface area contributed by atoms with Crippen LogP contribution in [0.15, 0.2) is 42.6 Å². The van der Waals surface area contributed by atoms with E-state index >= 15 is 0 Å². The molecule has 2 rings (SSSR count). The van der Waals surface area contributed by atoms with Crippen molar-refractivity contribution in [3.8, 4) is 0 Å². The first-order valence-electron chi connectivity index (χ1n) is 6.03. The van der Waals surface area contributed by atoms with Crippen LogP contribution in [0.1, 0.15) is 27.2 Å². The maximum absolute atomic E-state index is 11.9. The Morgan fingerprint density at radius 2 is 1.84 bits per heavy atom. The highest BCUT2D eigenvalue weighted by molar-refractivity contribution is 6.17. The molecule has 1 aromatic carbocycles. The van der Waals surface area contributed by atoms with Crippen molar-refractivity contribution >= 4 is 17.5 Å². The van der Waals surface area contributed by atoms with Gasteiger partial charge in [-0.15, -0.1) is 11.6 Å². The molecule has 19 heavy (non-hydrogen) atoms. The lowest BCUT2D eigenvalue weighted by Gasteiger charge is -2.06. The third-order valence-corrected chi connectivity index (χ3v) is 3.11. The molecule has 0 aliphatic carbocycles. The Labute approximate surface area is 117 Å². The quantitative estimate of drug-likeness (QED) is 0.871. The molecule has 0 saturated heterocycles. The van der Waals surface area contributed by atoms with Crippen molar-refractivity contribution in [2.45, 2.75) is 19.3 Å². The molecule has 0 radical (unpaired) electrons. The number of rotatable bonds is 4. The Kier molecular flexibility index (Phi) is 4.53. The lowest BCUT2D eigenvalue weighted by Crippen LogP contribution is -2.22. The summed E-state index contributed by atoms with van der Waals surface area (Å²) in [4.78, 5) is 16.0. The van der Waals surface area contributed by atoms with Gasteiger partial charge < -0.3 is 5.32 Å². The topological polar surface area (TPSA) is 42.0 Å². The summed E-state index contributed by atoms with van der Waals surface area (Å²) in [6, 6.07) is 11.4. The number of nitrogens with zero attached hydrogens (tertiary/aromatic N) is 1. The van der Waals surface area contributed by atoms with Gasteiger partial charge in [0.2, 0.25) is 0 Å². The summed E-state index contributed by atoms with van der Waals surface area (Å²) < 4.78 is 0. The van der Waals surface area contributed by atoms with Crippen LogP contribution in [0.4, 0.5) is 0 Å². The Hall–Kier alpha value is -1.87. The van der Waals surface area contributed by atoms with Crippen LogP contribution in [0.3, 0.4) is 0 Å². The van der Waals surface area contributed by atoms with Crippen molar-refractivity contribution in [1.82, 2.24) is 10.3 Å². The fourth-order valence-corrected chi connectivity index (χ4v) is 1.81. The summed E-state index contributed by atoms with van der Waals surface area (Å²) in [5, 5.41) is 2.86. The zero-order valence-corrected chi connectivity index (χ0v) is 11.4. The van der Waals surface area contributed by atoms with E-state index in [0.717, 1.165) is 16.8 Å². The minimum atomic E-state index is -0.117. The van der Waals surface area contributed by atoms with Gasteiger partial charge in [-0.3, -0.25) is 9.78 Å². The molecule has 1 heterocycles. The van der Waals surface area contributed by atoms with Crippen molar-refractivity contribution in [2.75, 3.05) is 0 Å². The van der Waals surface area contributed by atoms with E-state index in [2.05, 4.69) is 10.3 Å². The molecule has 98 valence electrons. The monoisotopic (exact) mass is 274 g/mol. The number of benzene rings is 1. The van der Waals surface area contributed by atoms with Crippen LogP contribution >= 0.6 is 11.6 Å². The van der Waals surface area contributed by atoms with Gasteiger partial charge in [0, 0.05) is 24.3 Å². The van der Waals surface area contributed by atoms with Crippen LogP contribution in [0.25, 0.3) is 0 Å². The zero-order valence-electron chi connectivity index (χ0n) is 10.7. The highest BCUT2D eigenvalue weighted by atomic mass is 35.5. The van der Waals surface area contributed by atoms with Gasteiger partial charge in [-0.25, -0.2) is 0 Å². The van der Waals surface area contributed by atoms with E-state index in [1.54, 1.807) is 12.3 Å². The maximum atomic E-state index is 11.9. The number of alkyl halides is 1. The molecule has 0 fully saturated rings. The van der Waals surface area contributed by atoms with Crippen LogP contribution in [-0.4, -0.2) is 10.9 Å². The minimum Gasteiger partial charge on any atom is -0.348 e. The lowest BCUT2D eigenvalue weighted by atomic mass is 10.1. The van der Waals surface area contributed by atoms with Gasteiger partial charge in [-0.05, 0) is 30.2 Å². The number of carbonyl (C=O) groups is 1. The van der Waals surface area contributed by atoms with E-state index in [0.29, 0.717) is 18.0 Å². The SMILES string of the molecule is Cc1ccc(C(=O)NCc2ccc(CCl)cc2)cn1. The van der Waals surface area contributed by atoms with Gasteiger partial charge in [0.25, 0.3) is 5.91 Å². The molecule has 0 aliphatic rings. The fourth-order valence-electron chi connectivity index (χ4n) is 1.63. The molecular formula is C15H15ClN2O. The van der Waals surface area contributed by atoms with E-state index in [1.807, 2.05) is 37.3 Å². The van der Waals surface area contributed by atoms with Gasteiger partial charge in [-0.1, -0.05) is 24.3 Å². The molecular weight excluding hydrogens is 260 g/mol. The highest BCUT2D eigenvalue weighted by Crippen LogP contribution is 2.07. The van der Waals surface area contributed by atoms with Crippen LogP contribution in [-0.2, 0) is 12.4 Å². The van der Waals surface area contributed by atoms with Gasteiger partial charge in [-0.2, -0.15) is 0 Å². The zero-order chi connectivity index (χ0) is 13.7. The van der Waals surface area contributed by atoms with Crippen LogP contribution in [0, 0.1) is 6.92 Å². The third kappa shape index (κ3) is 3.80. The number of aromatic nitrogens is 1. The van der Waals surface area contributed by atoms with Crippen LogP contribution < -0.4 is 5.32 Å². The fraction of sp³-hybridized carbons (Fsp3) is 0.200. The van der Waals surface area contributed by atoms with Gasteiger partial charge in [0.1, 0.15) is 0 Å². The average Bonchev–Trinajstić information content (AvgIpc) is 2.46. The predicted molar refractivity (Wildman–Crippen MR) is 76.1 cm³/mol. The molecule has 4 heteroatoms. The molecule has 0 unspecified atom stereocenters. The predicted octanol–water partition coefficient (Wildman–Crippen LogP) is 3.06. The number of hydrogen-bond donors (Lipinski definition) is 1. The average molecular weight is 275 g/mol. The Bertz CT molecular complexity index is 549. The number of carbonyl (C=O) groups excluding carboxylic acids is 1. The number of halogens is 1. The number of hydrogen-bond acceptors (Lipinski definition) is 2. The van der Waals surface area contributed by atoms with E-state index in [9.17, 15) is 4.79 Å². The molecule has 0 atom stereocenters. The smallest absolute Gasteiger partial charge is 0.253 e. The molecule has 2 aromatic rings. The molecule has 0 bridgehead atoms. The van der Waals surface area contributed by atoms with E-state index < -0.39 is 0 Å². The second kappa shape index (κ2) is 6.34. The number of nitrogens with one attached hydrogen (secondary N) is 1. The summed E-state index contributed by atoms with van der Waals surface area (Å²) in [6.07, 6.45) is 1.58. The van der Waals surface area contributed by atoms with Crippen molar-refractivity contribution in [1.29, 1.82) is 0 Å². The Balaban J connectivity index is 1.94. The van der Waals surface area contributed by atoms with Gasteiger partial charge >= 0.3 is 0 Å². The van der Waals surface area contributed by atoms with Crippen molar-refractivity contribution < 1.29 is 4.79 Å². The lowest BCUT2D eigenvalue weighted by molar-refractivity contribution is 0.0950. The molecule has 1 amide bonds. The largest absolute Gasteiger partial charge is 0.348 e. The van der Waals surface area contributed by atoms with Crippen molar-refractivity contribution in [3.05, 3.63) is 65.0 Å². The van der Waals surface area contributed by atoms with E-state index in [4.69, 9.17) is 11.6 Å². The van der Waals surface area contributed by atoms with Crippen LogP contribution in [0.5, 0.6) is 0 Å². The molecule has 1 N–H and O–H groups in total. The molecule has 3 nitrogen and oxygen atoms in total. The standard InChI is InChI=1S/C15H15ClN2O/c1-11-2-7-14(10-17-11)15(19)18-9-13-5-3-12(8-16)4-6-13/h2-7,10H,8-9H2,1H3,(H,18,19). The van der Waals surface area contributed by atoms with Gasteiger partial charge in [0.15, 0.2) is 0 Å². The molecule has 1 aromatic heterocycles. The summed E-state index contributed by atoms with van der Waals surface area (Å²) in [7, 11) is 0. The minimum absolute atomic E-state index is 0.117. The third-order valence-electron chi connectivity index (χ3n) is 2.80. The maximum Gasteiger partial charge on any atom is 0.253 e. The van der Waals surface area contributed by atoms with Gasteiger partial charge in [0.05, 0.1) is 5.56 Å². The summed E-state index contributed by atoms with van der Waals surface area (Å²) in [5.41, 5.74) is 3.58. The second-order valence-electron chi connectivity index (χ2n) is 4.32. The Morgan fingerprint density at radius 1 is 1.16 bits per heavy atom. The number of aryl methyl sites for hydroxylation is 1. The highest BCUT2D eigenvalue weighted by Gasteiger charge is 2.05. The van der Waals surface area contributed by atoms with E-state index in [1.165, 1.54) is 0 Å². The normalized spacial score (nSPS) is 10.2. The summed E-state index contributed by atoms with van der Waals surface area (Å²) >= 11 is 5.72.